The summed E-state index contributed by atoms with van der Waals surface area (Å²) < 4.78 is 16.0. The normalized spacial score (nSPS) is 14.1. The number of carbonyl (C=O) groups excluding carboxylic acids is 2. The maximum atomic E-state index is 12.5. The average molecular weight is 537 g/mol. The lowest BCUT2D eigenvalue weighted by Gasteiger charge is -2.12. The third-order valence-corrected chi connectivity index (χ3v) is 5.89. The number of ether oxygens (including phenoxy) is 3. The second-order valence-electron chi connectivity index (χ2n) is 6.90. The monoisotopic (exact) mass is 535 g/mol. The van der Waals surface area contributed by atoms with E-state index in [1.165, 1.54) is 31.4 Å². The zero-order valence-corrected chi connectivity index (χ0v) is 20.3. The van der Waals surface area contributed by atoms with Crippen LogP contribution in [0, 0.1) is 0 Å². The number of cyclic esters (lactones) is 1. The number of hydrogen-bond acceptors (Lipinski definition) is 6. The highest BCUT2D eigenvalue weighted by atomic mass is 35.5. The Morgan fingerprint density at radius 2 is 1.68 bits per heavy atom. The highest BCUT2D eigenvalue weighted by Gasteiger charge is 2.25. The predicted molar refractivity (Wildman–Crippen MR) is 131 cm³/mol. The van der Waals surface area contributed by atoms with E-state index in [9.17, 15) is 9.59 Å². The maximum Gasteiger partial charge on any atom is 0.363 e. The van der Waals surface area contributed by atoms with Gasteiger partial charge in [-0.05, 0) is 66.2 Å². The summed E-state index contributed by atoms with van der Waals surface area (Å²) in [6.45, 7) is 0. The molecule has 0 aromatic heterocycles. The van der Waals surface area contributed by atoms with Crippen molar-refractivity contribution in [2.45, 2.75) is 0 Å². The third kappa shape index (κ3) is 5.21. The minimum atomic E-state index is -0.658. The molecule has 0 saturated heterocycles. The van der Waals surface area contributed by atoms with E-state index in [0.29, 0.717) is 26.2 Å². The number of benzene rings is 3. The van der Waals surface area contributed by atoms with Gasteiger partial charge in [-0.1, -0.05) is 46.4 Å². The van der Waals surface area contributed by atoms with Gasteiger partial charge in [0.1, 0.15) is 0 Å². The van der Waals surface area contributed by atoms with Crippen LogP contribution in [0.4, 0.5) is 0 Å². The van der Waals surface area contributed by atoms with Gasteiger partial charge < -0.3 is 14.2 Å². The van der Waals surface area contributed by atoms with Crippen molar-refractivity contribution >= 4 is 70.3 Å². The lowest BCUT2D eigenvalue weighted by Crippen LogP contribution is -2.09. The molecule has 4 rings (SSSR count). The number of nitrogens with zero attached hydrogens (tertiary/aromatic N) is 1. The molecule has 34 heavy (non-hydrogen) atoms. The molecule has 0 unspecified atom stereocenters. The van der Waals surface area contributed by atoms with Crippen molar-refractivity contribution in [2.24, 2.45) is 4.99 Å². The van der Waals surface area contributed by atoms with Gasteiger partial charge in [0.05, 0.1) is 27.7 Å². The standard InChI is InChI=1S/C24H13Cl4NO5/c1-32-20-10-12(8-18(28)21(20)33-23(30)13-2-5-15(25)6-3-13)9-19-24(31)34-22(29-19)14-4-7-16(26)17(27)11-14/h2-11H,1H3/b19-9-. The summed E-state index contributed by atoms with van der Waals surface area (Å²) in [5.74, 6) is -1.00. The van der Waals surface area contributed by atoms with Crippen molar-refractivity contribution in [3.63, 3.8) is 0 Å². The van der Waals surface area contributed by atoms with E-state index in [1.807, 2.05) is 0 Å². The summed E-state index contributed by atoms with van der Waals surface area (Å²) in [4.78, 5) is 29.1. The first-order chi connectivity index (χ1) is 16.2. The number of methoxy groups -OCH3 is 1. The molecule has 10 heteroatoms. The second kappa shape index (κ2) is 10.1. The Hall–Kier alpha value is -3.03. The molecule has 1 aliphatic rings. The molecule has 0 aliphatic carbocycles. The summed E-state index contributed by atoms with van der Waals surface area (Å²) in [6, 6.07) is 14.0. The maximum absolute atomic E-state index is 12.5. The molecule has 1 heterocycles. The van der Waals surface area contributed by atoms with Crippen LogP contribution in [0.15, 0.2) is 65.3 Å². The van der Waals surface area contributed by atoms with Gasteiger partial charge in [-0.15, -0.1) is 0 Å². The summed E-state index contributed by atoms with van der Waals surface area (Å²) >= 11 is 24.2. The van der Waals surface area contributed by atoms with E-state index in [2.05, 4.69) is 4.99 Å². The van der Waals surface area contributed by atoms with Crippen LogP contribution in [-0.2, 0) is 9.53 Å². The minimum Gasteiger partial charge on any atom is -0.493 e. The summed E-state index contributed by atoms with van der Waals surface area (Å²) in [6.07, 6.45) is 1.46. The van der Waals surface area contributed by atoms with Gasteiger partial charge in [-0.2, -0.15) is 0 Å². The molecule has 3 aromatic rings. The van der Waals surface area contributed by atoms with E-state index < -0.39 is 11.9 Å². The molecule has 0 saturated carbocycles. The fourth-order valence-corrected chi connectivity index (χ4v) is 3.66. The number of hydrogen-bond donors (Lipinski definition) is 0. The zero-order valence-electron chi connectivity index (χ0n) is 17.3. The quantitative estimate of drug-likeness (QED) is 0.202. The number of halogens is 4. The van der Waals surface area contributed by atoms with Crippen molar-refractivity contribution in [2.75, 3.05) is 7.11 Å². The Morgan fingerprint density at radius 1 is 0.941 bits per heavy atom. The zero-order chi connectivity index (χ0) is 24.4. The molecule has 6 nitrogen and oxygen atoms in total. The molecule has 1 aliphatic heterocycles. The van der Waals surface area contributed by atoms with Gasteiger partial charge in [0.2, 0.25) is 5.90 Å². The Balaban J connectivity index is 1.62. The van der Waals surface area contributed by atoms with Crippen LogP contribution in [0.1, 0.15) is 21.5 Å². The summed E-state index contributed by atoms with van der Waals surface area (Å²) in [5, 5.41) is 1.24. The Kier molecular flexibility index (Phi) is 7.14. The van der Waals surface area contributed by atoms with Crippen LogP contribution in [-0.4, -0.2) is 24.9 Å². The molecule has 172 valence electrons. The molecule has 0 fully saturated rings. The van der Waals surface area contributed by atoms with Crippen molar-refractivity contribution in [3.05, 3.63) is 97.1 Å². The number of aliphatic imine (C=N–C) groups is 1. The summed E-state index contributed by atoms with van der Waals surface area (Å²) in [7, 11) is 1.40. The van der Waals surface area contributed by atoms with Crippen molar-refractivity contribution < 1.29 is 23.8 Å². The first kappa shape index (κ1) is 24.1. The van der Waals surface area contributed by atoms with Gasteiger partial charge in [-0.3, -0.25) is 0 Å². The molecule has 0 radical (unpaired) electrons. The van der Waals surface area contributed by atoms with E-state index in [0.717, 1.165) is 0 Å². The number of rotatable bonds is 5. The number of esters is 2. The van der Waals surface area contributed by atoms with E-state index in [4.69, 9.17) is 60.6 Å². The van der Waals surface area contributed by atoms with Crippen molar-refractivity contribution in [1.29, 1.82) is 0 Å². The highest BCUT2D eigenvalue weighted by molar-refractivity contribution is 6.42. The predicted octanol–water partition coefficient (Wildman–Crippen LogP) is 6.87. The van der Waals surface area contributed by atoms with Gasteiger partial charge in [0.15, 0.2) is 17.2 Å². The minimum absolute atomic E-state index is 0.0280. The SMILES string of the molecule is COc1cc(/C=C2\N=C(c3ccc(Cl)c(Cl)c3)OC2=O)cc(Cl)c1OC(=O)c1ccc(Cl)cc1. The fraction of sp³-hybridized carbons (Fsp3) is 0.0417. The molecule has 0 atom stereocenters. The van der Waals surface area contributed by atoms with Crippen LogP contribution in [0.25, 0.3) is 6.08 Å². The first-order valence-electron chi connectivity index (χ1n) is 9.58. The lowest BCUT2D eigenvalue weighted by atomic mass is 10.1. The third-order valence-electron chi connectivity index (χ3n) is 4.62. The van der Waals surface area contributed by atoms with Crippen LogP contribution in [0.3, 0.4) is 0 Å². The van der Waals surface area contributed by atoms with Gasteiger partial charge in [0.25, 0.3) is 0 Å². The average Bonchev–Trinajstić information content (AvgIpc) is 3.17. The largest absolute Gasteiger partial charge is 0.493 e. The van der Waals surface area contributed by atoms with E-state index in [1.54, 1.807) is 36.4 Å². The van der Waals surface area contributed by atoms with Gasteiger partial charge in [0, 0.05) is 10.6 Å². The Bertz CT molecular complexity index is 1370. The van der Waals surface area contributed by atoms with E-state index in [-0.39, 0.29) is 33.7 Å². The Morgan fingerprint density at radius 3 is 2.35 bits per heavy atom. The van der Waals surface area contributed by atoms with Crippen molar-refractivity contribution in [1.82, 2.24) is 0 Å². The molecular formula is C24H13Cl4NO5. The number of carbonyl (C=O) groups is 2. The topological polar surface area (TPSA) is 74.2 Å². The second-order valence-corrected chi connectivity index (χ2v) is 8.55. The van der Waals surface area contributed by atoms with Crippen LogP contribution in [0.5, 0.6) is 11.5 Å². The fourth-order valence-electron chi connectivity index (χ4n) is 2.98. The van der Waals surface area contributed by atoms with Gasteiger partial charge >= 0.3 is 11.9 Å². The molecule has 0 amide bonds. The Labute approximate surface area is 214 Å². The summed E-state index contributed by atoms with van der Waals surface area (Å²) in [5.41, 5.74) is 1.28. The molecule has 0 bridgehead atoms. The van der Waals surface area contributed by atoms with Crippen molar-refractivity contribution in [3.8, 4) is 11.5 Å². The van der Waals surface area contributed by atoms with Crippen LogP contribution in [0.2, 0.25) is 20.1 Å². The van der Waals surface area contributed by atoms with Crippen LogP contribution < -0.4 is 9.47 Å². The highest BCUT2D eigenvalue weighted by Crippen LogP contribution is 2.38. The van der Waals surface area contributed by atoms with Gasteiger partial charge in [-0.25, -0.2) is 14.6 Å². The molecule has 0 N–H and O–H groups in total. The molecule has 0 spiro atoms. The molecular weight excluding hydrogens is 524 g/mol. The first-order valence-corrected chi connectivity index (χ1v) is 11.1. The van der Waals surface area contributed by atoms with Crippen LogP contribution >= 0.6 is 46.4 Å². The smallest absolute Gasteiger partial charge is 0.363 e. The molecule has 3 aromatic carbocycles. The lowest BCUT2D eigenvalue weighted by molar-refractivity contribution is -0.129. The van der Waals surface area contributed by atoms with E-state index >= 15 is 0 Å².